The van der Waals surface area contributed by atoms with E-state index >= 15 is 0 Å². The molecule has 1 fully saturated rings. The number of carbonyl (C=O) groups excluding carboxylic acids is 1. The van der Waals surface area contributed by atoms with Crippen molar-refractivity contribution in [3.8, 4) is 0 Å². The molecule has 1 N–H and O–H groups in total. The molecule has 1 aliphatic carbocycles. The number of benzene rings is 1. The average Bonchev–Trinajstić information content (AvgIpc) is 3.35. The molecule has 0 radical (unpaired) electrons. The average molecular weight is 395 g/mol. The number of amides is 1. The molecule has 3 aromatic rings. The second-order valence-corrected chi connectivity index (χ2v) is 8.16. The summed E-state index contributed by atoms with van der Waals surface area (Å²) in [4.78, 5) is 25.0. The summed E-state index contributed by atoms with van der Waals surface area (Å²) in [5, 5.41) is 4.85. The predicted octanol–water partition coefficient (Wildman–Crippen LogP) is 3.56. The molecule has 0 bridgehead atoms. The van der Waals surface area contributed by atoms with Crippen molar-refractivity contribution in [3.63, 3.8) is 0 Å². The first-order valence-electron chi connectivity index (χ1n) is 10.5. The molecule has 1 amide bonds. The van der Waals surface area contributed by atoms with Gasteiger partial charge in [0.2, 0.25) is 5.91 Å². The fourth-order valence-corrected chi connectivity index (χ4v) is 4.60. The number of rotatable bonds is 4. The van der Waals surface area contributed by atoms with Crippen LogP contribution in [0.25, 0.3) is 21.9 Å². The Kier molecular flexibility index (Phi) is 4.66. The molecule has 1 unspecified atom stereocenters. The van der Waals surface area contributed by atoms with E-state index in [2.05, 4.69) is 11.4 Å². The summed E-state index contributed by atoms with van der Waals surface area (Å²) in [5.74, 6) is 0.868. The fraction of sp³-hybridized carbons (Fsp3) is 0.478. The van der Waals surface area contributed by atoms with Crippen LogP contribution in [0, 0.1) is 6.92 Å². The van der Waals surface area contributed by atoms with Crippen molar-refractivity contribution in [2.75, 3.05) is 13.2 Å². The minimum absolute atomic E-state index is 0.0123. The van der Waals surface area contributed by atoms with Gasteiger partial charge in [-0.1, -0.05) is 0 Å². The lowest BCUT2D eigenvalue weighted by Gasteiger charge is -2.12. The molecule has 1 saturated heterocycles. The van der Waals surface area contributed by atoms with Gasteiger partial charge in [-0.25, -0.2) is 4.79 Å². The molecule has 152 valence electrons. The SMILES string of the molecule is Cc1c(CC(=O)NCC2CCCO2)c(=O)oc2cc3oc4c(c3cc12)CCCC4. The molecule has 0 saturated carbocycles. The standard InChI is InChI=1S/C23H25NO5/c1-13-16-9-18-15-6-2-3-7-19(15)28-21(18)11-20(16)29-23(26)17(13)10-22(25)24-12-14-5-4-8-27-14/h9,11,14H,2-8,10,12H2,1H3,(H,24,25). The number of fused-ring (bicyclic) bond motifs is 4. The van der Waals surface area contributed by atoms with Gasteiger partial charge in [0.1, 0.15) is 16.9 Å². The van der Waals surface area contributed by atoms with Crippen LogP contribution in [-0.2, 0) is 28.8 Å². The van der Waals surface area contributed by atoms with Crippen molar-refractivity contribution in [1.82, 2.24) is 5.32 Å². The second-order valence-electron chi connectivity index (χ2n) is 8.16. The molecular weight excluding hydrogens is 370 g/mol. The maximum atomic E-state index is 12.6. The van der Waals surface area contributed by atoms with E-state index in [0.29, 0.717) is 17.7 Å². The monoisotopic (exact) mass is 395 g/mol. The van der Waals surface area contributed by atoms with E-state index in [1.165, 1.54) is 12.0 Å². The van der Waals surface area contributed by atoms with E-state index in [1.54, 1.807) is 0 Å². The Morgan fingerprint density at radius 1 is 1.10 bits per heavy atom. The van der Waals surface area contributed by atoms with Gasteiger partial charge in [0.25, 0.3) is 0 Å². The highest BCUT2D eigenvalue weighted by Gasteiger charge is 2.22. The topological polar surface area (TPSA) is 81.7 Å². The van der Waals surface area contributed by atoms with Gasteiger partial charge in [-0.3, -0.25) is 4.79 Å². The molecule has 1 aliphatic heterocycles. The van der Waals surface area contributed by atoms with Crippen LogP contribution in [0.3, 0.4) is 0 Å². The van der Waals surface area contributed by atoms with Crippen molar-refractivity contribution in [2.24, 2.45) is 0 Å². The number of hydrogen-bond acceptors (Lipinski definition) is 5. The van der Waals surface area contributed by atoms with Crippen molar-refractivity contribution >= 4 is 27.8 Å². The zero-order valence-electron chi connectivity index (χ0n) is 16.6. The maximum absolute atomic E-state index is 12.6. The first-order chi connectivity index (χ1) is 14.1. The summed E-state index contributed by atoms with van der Waals surface area (Å²) < 4.78 is 17.1. The number of nitrogens with one attached hydrogen (secondary N) is 1. The first kappa shape index (κ1) is 18.4. The molecule has 29 heavy (non-hydrogen) atoms. The molecule has 6 heteroatoms. The molecular formula is C23H25NO5. The Bertz CT molecular complexity index is 1150. The third kappa shape index (κ3) is 3.35. The summed E-state index contributed by atoms with van der Waals surface area (Å²) in [6, 6.07) is 3.88. The molecule has 0 spiro atoms. The molecule has 2 aromatic heterocycles. The lowest BCUT2D eigenvalue weighted by atomic mass is 9.94. The lowest BCUT2D eigenvalue weighted by molar-refractivity contribution is -0.121. The molecule has 5 rings (SSSR count). The van der Waals surface area contributed by atoms with Gasteiger partial charge in [-0.15, -0.1) is 0 Å². The predicted molar refractivity (Wildman–Crippen MR) is 109 cm³/mol. The summed E-state index contributed by atoms with van der Waals surface area (Å²) in [7, 11) is 0. The van der Waals surface area contributed by atoms with E-state index in [-0.39, 0.29) is 18.4 Å². The summed E-state index contributed by atoms with van der Waals surface area (Å²) >= 11 is 0. The maximum Gasteiger partial charge on any atom is 0.340 e. The zero-order valence-corrected chi connectivity index (χ0v) is 16.6. The quantitative estimate of drug-likeness (QED) is 0.683. The Balaban J connectivity index is 1.48. The van der Waals surface area contributed by atoms with Crippen molar-refractivity contribution in [2.45, 2.75) is 58.0 Å². The zero-order chi connectivity index (χ0) is 20.0. The molecule has 6 nitrogen and oxygen atoms in total. The molecule has 1 atom stereocenters. The molecule has 2 aliphatic rings. The number of ether oxygens (including phenoxy) is 1. The van der Waals surface area contributed by atoms with Crippen molar-refractivity contribution in [1.29, 1.82) is 0 Å². The lowest BCUT2D eigenvalue weighted by Crippen LogP contribution is -2.34. The fourth-order valence-electron chi connectivity index (χ4n) is 4.60. The number of hydrogen-bond donors (Lipinski definition) is 1. The van der Waals surface area contributed by atoms with Crippen LogP contribution in [0.4, 0.5) is 0 Å². The first-order valence-corrected chi connectivity index (χ1v) is 10.5. The van der Waals surface area contributed by atoms with Crippen molar-refractivity contribution in [3.05, 3.63) is 45.0 Å². The van der Waals surface area contributed by atoms with Crippen LogP contribution in [0.1, 0.15) is 48.1 Å². The second kappa shape index (κ2) is 7.34. The normalized spacial score (nSPS) is 19.0. The van der Waals surface area contributed by atoms with Crippen LogP contribution in [0.5, 0.6) is 0 Å². The van der Waals surface area contributed by atoms with Crippen LogP contribution in [0.2, 0.25) is 0 Å². The smallest absolute Gasteiger partial charge is 0.340 e. The van der Waals surface area contributed by atoms with Crippen LogP contribution >= 0.6 is 0 Å². The molecule has 3 heterocycles. The van der Waals surface area contributed by atoms with Gasteiger partial charge in [0.15, 0.2) is 0 Å². The van der Waals surface area contributed by atoms with Crippen molar-refractivity contribution < 1.29 is 18.4 Å². The number of furan rings is 1. The van der Waals surface area contributed by atoms with E-state index in [1.807, 2.05) is 13.0 Å². The van der Waals surface area contributed by atoms with Gasteiger partial charge < -0.3 is 18.9 Å². The van der Waals surface area contributed by atoms with Gasteiger partial charge in [0.05, 0.1) is 18.1 Å². The summed E-state index contributed by atoms with van der Waals surface area (Å²) in [6.45, 7) is 3.12. The van der Waals surface area contributed by atoms with Crippen LogP contribution in [0.15, 0.2) is 25.8 Å². The van der Waals surface area contributed by atoms with Gasteiger partial charge in [0, 0.05) is 42.0 Å². The highest BCUT2D eigenvalue weighted by atomic mass is 16.5. The minimum atomic E-state index is -0.460. The Hall–Kier alpha value is -2.60. The molecule has 1 aromatic carbocycles. The van der Waals surface area contributed by atoms with Crippen LogP contribution < -0.4 is 10.9 Å². The minimum Gasteiger partial charge on any atom is -0.461 e. The van der Waals surface area contributed by atoms with E-state index in [4.69, 9.17) is 13.6 Å². The highest BCUT2D eigenvalue weighted by molar-refractivity contribution is 5.97. The highest BCUT2D eigenvalue weighted by Crippen LogP contribution is 2.35. The van der Waals surface area contributed by atoms with Crippen LogP contribution in [-0.4, -0.2) is 25.2 Å². The van der Waals surface area contributed by atoms with Gasteiger partial charge >= 0.3 is 5.63 Å². The largest absolute Gasteiger partial charge is 0.461 e. The van der Waals surface area contributed by atoms with E-state index in [0.717, 1.165) is 66.4 Å². The number of aryl methyl sites for hydroxylation is 3. The Morgan fingerprint density at radius 2 is 1.93 bits per heavy atom. The third-order valence-electron chi connectivity index (χ3n) is 6.25. The third-order valence-corrected chi connectivity index (χ3v) is 6.25. The van der Waals surface area contributed by atoms with E-state index in [9.17, 15) is 9.59 Å². The Morgan fingerprint density at radius 3 is 2.76 bits per heavy atom. The van der Waals surface area contributed by atoms with Gasteiger partial charge in [-0.05, 0) is 50.7 Å². The Labute approximate surface area is 168 Å². The summed E-state index contributed by atoms with van der Waals surface area (Å²) in [5.41, 5.74) is 3.31. The number of carbonyl (C=O) groups is 1. The summed E-state index contributed by atoms with van der Waals surface area (Å²) in [6.07, 6.45) is 6.36. The van der Waals surface area contributed by atoms with E-state index < -0.39 is 5.63 Å². The van der Waals surface area contributed by atoms with Gasteiger partial charge in [-0.2, -0.15) is 0 Å².